The molecule has 1 saturated carbocycles. The average molecular weight is 419 g/mol. The predicted molar refractivity (Wildman–Crippen MR) is 140 cm³/mol. The van der Waals surface area contributed by atoms with Crippen molar-refractivity contribution in [3.63, 3.8) is 0 Å². The Kier molecular flexibility index (Phi) is 12.3. The van der Waals surface area contributed by atoms with Crippen molar-refractivity contribution < 1.29 is 0 Å². The zero-order valence-electron chi connectivity index (χ0n) is 21.7. The van der Waals surface area contributed by atoms with Crippen LogP contribution in [0.15, 0.2) is 36.4 Å². The highest BCUT2D eigenvalue weighted by Crippen LogP contribution is 2.47. The van der Waals surface area contributed by atoms with Crippen LogP contribution in [-0.2, 0) is 6.42 Å². The number of fused-ring (bicyclic) bond motifs is 3. The minimum Gasteiger partial charge on any atom is -0.0683 e. The SMILES string of the molecule is CC.CC.CC.Cc1ccc(C#Cc2ccc3c(c2C)CCC2CC(C)CCC32)cc1. The Morgan fingerprint density at radius 1 is 0.742 bits per heavy atom. The third-order valence-corrected chi connectivity index (χ3v) is 6.44. The van der Waals surface area contributed by atoms with E-state index in [1.165, 1.54) is 48.8 Å². The van der Waals surface area contributed by atoms with E-state index in [9.17, 15) is 0 Å². The molecule has 4 rings (SSSR count). The Morgan fingerprint density at radius 2 is 1.39 bits per heavy atom. The maximum Gasteiger partial charge on any atom is 0.0281 e. The Labute approximate surface area is 193 Å². The highest BCUT2D eigenvalue weighted by molar-refractivity contribution is 5.52. The minimum absolute atomic E-state index is 0.803. The Morgan fingerprint density at radius 3 is 2.03 bits per heavy atom. The molecule has 0 bridgehead atoms. The smallest absolute Gasteiger partial charge is 0.0281 e. The number of hydrogen-bond donors (Lipinski definition) is 0. The largest absolute Gasteiger partial charge is 0.0683 e. The zero-order chi connectivity index (χ0) is 23.4. The zero-order valence-corrected chi connectivity index (χ0v) is 21.7. The van der Waals surface area contributed by atoms with Gasteiger partial charge in [0.2, 0.25) is 0 Å². The second kappa shape index (κ2) is 14.1. The summed E-state index contributed by atoms with van der Waals surface area (Å²) in [6, 6.07) is 13.2. The maximum absolute atomic E-state index is 3.43. The van der Waals surface area contributed by atoms with Crippen LogP contribution >= 0.6 is 0 Å². The molecule has 0 spiro atoms. The number of aryl methyl sites for hydroxylation is 1. The van der Waals surface area contributed by atoms with Gasteiger partial charge in [-0.15, -0.1) is 0 Å². The fourth-order valence-corrected chi connectivity index (χ4v) is 4.93. The summed E-state index contributed by atoms with van der Waals surface area (Å²) in [4.78, 5) is 0. The molecule has 0 radical (unpaired) electrons. The number of rotatable bonds is 0. The quantitative estimate of drug-likeness (QED) is 0.374. The molecular formula is C31H46. The Balaban J connectivity index is 0.000000739. The molecule has 170 valence electrons. The van der Waals surface area contributed by atoms with Gasteiger partial charge in [0.1, 0.15) is 0 Å². The van der Waals surface area contributed by atoms with Gasteiger partial charge in [0.15, 0.2) is 0 Å². The van der Waals surface area contributed by atoms with Gasteiger partial charge >= 0.3 is 0 Å². The van der Waals surface area contributed by atoms with Crippen molar-refractivity contribution in [2.24, 2.45) is 11.8 Å². The van der Waals surface area contributed by atoms with Crippen LogP contribution in [0.4, 0.5) is 0 Å². The molecular weight excluding hydrogens is 372 g/mol. The Bertz CT molecular complexity index is 829. The average Bonchev–Trinajstić information content (AvgIpc) is 2.83. The summed E-state index contributed by atoms with van der Waals surface area (Å²) in [5, 5.41) is 0. The lowest BCUT2D eigenvalue weighted by molar-refractivity contribution is 0.221. The third kappa shape index (κ3) is 7.00. The molecule has 0 N–H and O–H groups in total. The van der Waals surface area contributed by atoms with Gasteiger partial charge in [-0.25, -0.2) is 0 Å². The monoisotopic (exact) mass is 418 g/mol. The molecule has 2 aliphatic rings. The van der Waals surface area contributed by atoms with Crippen molar-refractivity contribution in [1.82, 2.24) is 0 Å². The highest BCUT2D eigenvalue weighted by Gasteiger charge is 2.34. The lowest BCUT2D eigenvalue weighted by Crippen LogP contribution is -2.27. The molecule has 31 heavy (non-hydrogen) atoms. The second-order valence-electron chi connectivity index (χ2n) is 8.25. The van der Waals surface area contributed by atoms with Gasteiger partial charge in [0.25, 0.3) is 0 Å². The van der Waals surface area contributed by atoms with Gasteiger partial charge < -0.3 is 0 Å². The summed E-state index contributed by atoms with van der Waals surface area (Å²) >= 11 is 0. The molecule has 2 aliphatic carbocycles. The number of hydrogen-bond acceptors (Lipinski definition) is 0. The first kappa shape index (κ1) is 27.0. The molecule has 3 unspecified atom stereocenters. The van der Waals surface area contributed by atoms with Gasteiger partial charge in [0, 0.05) is 11.1 Å². The van der Waals surface area contributed by atoms with Crippen LogP contribution in [0.25, 0.3) is 0 Å². The van der Waals surface area contributed by atoms with E-state index in [2.05, 4.69) is 69.0 Å². The molecule has 3 atom stereocenters. The van der Waals surface area contributed by atoms with Crippen LogP contribution in [-0.4, -0.2) is 0 Å². The van der Waals surface area contributed by atoms with E-state index in [-0.39, 0.29) is 0 Å². The van der Waals surface area contributed by atoms with Crippen LogP contribution in [0.3, 0.4) is 0 Å². The molecule has 0 heteroatoms. The van der Waals surface area contributed by atoms with Gasteiger partial charge in [-0.05, 0) is 92.2 Å². The highest BCUT2D eigenvalue weighted by atomic mass is 14.4. The van der Waals surface area contributed by atoms with Crippen LogP contribution in [0.2, 0.25) is 0 Å². The van der Waals surface area contributed by atoms with Crippen molar-refractivity contribution >= 4 is 0 Å². The first-order valence-corrected chi connectivity index (χ1v) is 12.8. The molecule has 1 fully saturated rings. The summed E-state index contributed by atoms with van der Waals surface area (Å²) in [6.07, 6.45) is 6.83. The summed E-state index contributed by atoms with van der Waals surface area (Å²) in [5.74, 6) is 9.42. The molecule has 0 saturated heterocycles. The van der Waals surface area contributed by atoms with E-state index in [4.69, 9.17) is 0 Å². The van der Waals surface area contributed by atoms with Crippen molar-refractivity contribution in [1.29, 1.82) is 0 Å². The standard InChI is InChI=1S/C25H28.3C2H6/c1-17-4-7-20(8-5-17)9-10-21-11-15-25-23(19(21)3)14-12-22-16-18(2)6-13-24(22)25;3*1-2/h4-5,7-8,11,15,18,22,24H,6,12-14,16H2,1-3H3;3*1-2H3. The molecule has 0 amide bonds. The van der Waals surface area contributed by atoms with Crippen LogP contribution in [0, 0.1) is 37.5 Å². The lowest BCUT2D eigenvalue weighted by atomic mass is 9.65. The van der Waals surface area contributed by atoms with Crippen LogP contribution in [0.5, 0.6) is 0 Å². The first-order valence-electron chi connectivity index (χ1n) is 12.8. The van der Waals surface area contributed by atoms with Crippen molar-refractivity contribution in [2.75, 3.05) is 0 Å². The van der Waals surface area contributed by atoms with Gasteiger partial charge in [0.05, 0.1) is 0 Å². The van der Waals surface area contributed by atoms with Crippen LogP contribution in [0.1, 0.15) is 113 Å². The fourth-order valence-electron chi connectivity index (χ4n) is 4.93. The van der Waals surface area contributed by atoms with E-state index in [0.29, 0.717) is 0 Å². The van der Waals surface area contributed by atoms with E-state index in [1.807, 2.05) is 41.5 Å². The predicted octanol–water partition coefficient (Wildman–Crippen LogP) is 9.25. The van der Waals surface area contributed by atoms with Crippen molar-refractivity contribution in [3.05, 3.63) is 69.8 Å². The van der Waals surface area contributed by atoms with Gasteiger partial charge in [-0.3, -0.25) is 0 Å². The van der Waals surface area contributed by atoms with E-state index in [0.717, 1.165) is 23.3 Å². The molecule has 2 aromatic rings. The van der Waals surface area contributed by atoms with Crippen molar-refractivity contribution in [3.8, 4) is 11.8 Å². The summed E-state index contributed by atoms with van der Waals surface area (Å²) in [5.41, 5.74) is 8.26. The minimum atomic E-state index is 0.803. The lowest BCUT2D eigenvalue weighted by Gasteiger charge is -2.40. The molecule has 0 heterocycles. The second-order valence-corrected chi connectivity index (χ2v) is 8.25. The third-order valence-electron chi connectivity index (χ3n) is 6.44. The van der Waals surface area contributed by atoms with Crippen molar-refractivity contribution in [2.45, 2.75) is 100 Å². The molecule has 2 aromatic carbocycles. The summed E-state index contributed by atoms with van der Waals surface area (Å²) < 4.78 is 0. The molecule has 0 nitrogen and oxygen atoms in total. The fraction of sp³-hybridized carbons (Fsp3) is 0.548. The number of benzene rings is 2. The normalized spacial score (nSPS) is 20.5. The summed E-state index contributed by atoms with van der Waals surface area (Å²) in [7, 11) is 0. The summed E-state index contributed by atoms with van der Waals surface area (Å²) in [6.45, 7) is 18.8. The first-order chi connectivity index (χ1) is 15.1. The topological polar surface area (TPSA) is 0 Å². The Hall–Kier alpha value is -2.00. The van der Waals surface area contributed by atoms with Gasteiger partial charge in [-0.2, -0.15) is 0 Å². The molecule has 0 aliphatic heterocycles. The van der Waals surface area contributed by atoms with E-state index in [1.54, 1.807) is 11.1 Å². The van der Waals surface area contributed by atoms with E-state index >= 15 is 0 Å². The van der Waals surface area contributed by atoms with Crippen LogP contribution < -0.4 is 0 Å². The maximum atomic E-state index is 3.43. The molecule has 0 aromatic heterocycles. The van der Waals surface area contributed by atoms with Gasteiger partial charge in [-0.1, -0.05) is 90.5 Å². The van der Waals surface area contributed by atoms with E-state index < -0.39 is 0 Å².